The predicted octanol–water partition coefficient (Wildman–Crippen LogP) is 2.46. The molecule has 11 nitrogen and oxygen atoms in total. The second-order valence-corrected chi connectivity index (χ2v) is 9.45. The van der Waals surface area contributed by atoms with Gasteiger partial charge in [-0.25, -0.2) is 15.1 Å². The number of piperazine rings is 1. The molecule has 2 aromatic heterocycles. The monoisotopic (exact) mass is 554 g/mol. The summed E-state index contributed by atoms with van der Waals surface area (Å²) < 4.78 is 46.7. The summed E-state index contributed by atoms with van der Waals surface area (Å²) in [4.78, 5) is 38.7. The molecule has 1 amide bonds. The van der Waals surface area contributed by atoms with Crippen molar-refractivity contribution < 1.29 is 22.7 Å². The average molecular weight is 555 g/mol. The third-order valence-corrected chi connectivity index (χ3v) is 6.95. The topological polar surface area (TPSA) is 131 Å². The Kier molecular flexibility index (Phi) is 7.54. The standard InChI is InChI=1S/C26H25F3N8O3/c27-26(28,29)22-21(15-33-34-23(22)38)37-6-2-4-19(37)16-40-20-5-1-3-18(11-20)24(39)35-7-9-36(10-8-35)25-31-13-17(12-30)14-32-25/h1,3,5,11,13-15,19H,2,4,6-10,16H2,(H,34,38). The first-order valence-electron chi connectivity index (χ1n) is 12.7. The Labute approximate surface area is 226 Å². The highest BCUT2D eigenvalue weighted by atomic mass is 19.4. The van der Waals surface area contributed by atoms with Crippen LogP contribution in [0.25, 0.3) is 0 Å². The fraction of sp³-hybridized carbons (Fsp3) is 0.385. The number of benzene rings is 1. The Hall–Kier alpha value is -4.67. The van der Waals surface area contributed by atoms with Crippen LogP contribution in [0.3, 0.4) is 0 Å². The minimum absolute atomic E-state index is 0.0744. The van der Waals surface area contributed by atoms with Crippen molar-refractivity contribution in [1.29, 1.82) is 5.26 Å². The first kappa shape index (κ1) is 26.9. The number of rotatable bonds is 6. The zero-order chi connectivity index (χ0) is 28.3. The van der Waals surface area contributed by atoms with Crippen molar-refractivity contribution in [3.63, 3.8) is 0 Å². The number of aromatic nitrogens is 4. The molecular formula is C26H25F3N8O3. The van der Waals surface area contributed by atoms with Gasteiger partial charge in [-0.05, 0) is 31.0 Å². The molecule has 0 radical (unpaired) electrons. The normalized spacial score (nSPS) is 17.6. The summed E-state index contributed by atoms with van der Waals surface area (Å²) in [6.45, 7) is 2.38. The maximum absolute atomic E-state index is 13.6. The van der Waals surface area contributed by atoms with Gasteiger partial charge in [-0.1, -0.05) is 6.07 Å². The van der Waals surface area contributed by atoms with E-state index in [1.54, 1.807) is 29.2 Å². The molecule has 3 aromatic rings. The molecule has 40 heavy (non-hydrogen) atoms. The molecule has 208 valence electrons. The number of carbonyl (C=O) groups excluding carboxylic acids is 1. The van der Waals surface area contributed by atoms with Crippen LogP contribution < -0.4 is 20.1 Å². The number of carbonyl (C=O) groups is 1. The van der Waals surface area contributed by atoms with E-state index in [0.717, 1.165) is 6.20 Å². The fourth-order valence-corrected chi connectivity index (χ4v) is 4.95. The van der Waals surface area contributed by atoms with Crippen LogP contribution >= 0.6 is 0 Å². The van der Waals surface area contributed by atoms with Gasteiger partial charge in [0.15, 0.2) is 0 Å². The van der Waals surface area contributed by atoms with Crippen molar-refractivity contribution in [2.24, 2.45) is 0 Å². The number of nitrogens with zero attached hydrogens (tertiary/aromatic N) is 7. The number of alkyl halides is 3. The van der Waals surface area contributed by atoms with Crippen molar-refractivity contribution in [3.8, 4) is 11.8 Å². The number of amides is 1. The maximum Gasteiger partial charge on any atom is 0.423 e. The van der Waals surface area contributed by atoms with Crippen LogP contribution in [0.15, 0.2) is 47.7 Å². The Balaban J connectivity index is 1.21. The second kappa shape index (κ2) is 11.2. The van der Waals surface area contributed by atoms with E-state index >= 15 is 0 Å². The Morgan fingerprint density at radius 3 is 2.58 bits per heavy atom. The summed E-state index contributed by atoms with van der Waals surface area (Å²) in [7, 11) is 0. The summed E-state index contributed by atoms with van der Waals surface area (Å²) in [6, 6.07) is 8.26. The second-order valence-electron chi connectivity index (χ2n) is 9.45. The van der Waals surface area contributed by atoms with Crippen molar-refractivity contribution in [3.05, 3.63) is 69.9 Å². The number of ether oxygens (including phenoxy) is 1. The lowest BCUT2D eigenvalue weighted by molar-refractivity contribution is -0.138. The Bertz CT molecular complexity index is 1460. The van der Waals surface area contributed by atoms with E-state index in [4.69, 9.17) is 10.00 Å². The highest BCUT2D eigenvalue weighted by molar-refractivity contribution is 5.94. The molecule has 2 aliphatic rings. The maximum atomic E-state index is 13.6. The molecule has 1 atom stereocenters. The summed E-state index contributed by atoms with van der Waals surface area (Å²) in [6.07, 6.45) is 0.333. The third-order valence-electron chi connectivity index (χ3n) is 6.95. The van der Waals surface area contributed by atoms with E-state index < -0.39 is 23.3 Å². The first-order valence-corrected chi connectivity index (χ1v) is 12.7. The summed E-state index contributed by atoms with van der Waals surface area (Å²) >= 11 is 0. The molecule has 1 N–H and O–H groups in total. The van der Waals surface area contributed by atoms with Gasteiger partial charge in [-0.2, -0.15) is 23.5 Å². The number of nitrogens with one attached hydrogen (secondary N) is 1. The minimum Gasteiger partial charge on any atom is -0.491 e. The lowest BCUT2D eigenvalue weighted by Crippen LogP contribution is -2.49. The molecule has 14 heteroatoms. The number of H-pyrrole nitrogens is 1. The van der Waals surface area contributed by atoms with Gasteiger partial charge in [0.1, 0.15) is 24.0 Å². The van der Waals surface area contributed by atoms with Crippen molar-refractivity contribution in [2.45, 2.75) is 25.1 Å². The van der Waals surface area contributed by atoms with Gasteiger partial charge in [0, 0.05) is 38.3 Å². The SMILES string of the molecule is N#Cc1cnc(N2CCN(C(=O)c3cccc(OCC4CCCN4c4cn[nH]c(=O)c4C(F)(F)F)c3)CC2)nc1. The molecule has 2 aliphatic heterocycles. The van der Waals surface area contributed by atoms with Crippen molar-refractivity contribution in [1.82, 2.24) is 25.1 Å². The molecule has 0 spiro atoms. The van der Waals surface area contributed by atoms with Crippen LogP contribution in [0.2, 0.25) is 0 Å². The van der Waals surface area contributed by atoms with E-state index in [0.29, 0.717) is 68.4 Å². The van der Waals surface area contributed by atoms with E-state index in [1.807, 2.05) is 16.1 Å². The molecule has 2 saturated heterocycles. The highest BCUT2D eigenvalue weighted by Crippen LogP contribution is 2.36. The van der Waals surface area contributed by atoms with E-state index in [1.165, 1.54) is 17.3 Å². The molecule has 1 aromatic carbocycles. The van der Waals surface area contributed by atoms with Gasteiger partial charge in [-0.15, -0.1) is 0 Å². The molecule has 2 fully saturated rings. The first-order chi connectivity index (χ1) is 19.2. The van der Waals surface area contributed by atoms with Gasteiger partial charge >= 0.3 is 6.18 Å². The number of halogens is 3. The number of anilines is 2. The van der Waals surface area contributed by atoms with Crippen LogP contribution in [0.1, 0.15) is 34.3 Å². The summed E-state index contributed by atoms with van der Waals surface area (Å²) in [5.74, 6) is 0.751. The van der Waals surface area contributed by atoms with Gasteiger partial charge in [0.05, 0.1) is 35.9 Å². The largest absolute Gasteiger partial charge is 0.491 e. The van der Waals surface area contributed by atoms with Gasteiger partial charge < -0.3 is 19.4 Å². The number of aromatic amines is 1. The lowest BCUT2D eigenvalue weighted by atomic mass is 10.1. The smallest absolute Gasteiger partial charge is 0.423 e. The molecule has 0 saturated carbocycles. The number of nitriles is 1. The minimum atomic E-state index is -4.82. The average Bonchev–Trinajstić information content (AvgIpc) is 3.44. The molecule has 0 aliphatic carbocycles. The van der Waals surface area contributed by atoms with Crippen LogP contribution in [0.4, 0.5) is 24.8 Å². The zero-order valence-electron chi connectivity index (χ0n) is 21.3. The van der Waals surface area contributed by atoms with Crippen molar-refractivity contribution in [2.75, 3.05) is 49.1 Å². The summed E-state index contributed by atoms with van der Waals surface area (Å²) in [5, 5.41) is 14.3. The molecule has 0 bridgehead atoms. The Morgan fingerprint density at radius 1 is 1.12 bits per heavy atom. The number of hydrogen-bond donors (Lipinski definition) is 1. The predicted molar refractivity (Wildman–Crippen MR) is 137 cm³/mol. The van der Waals surface area contributed by atoms with Crippen LogP contribution in [0.5, 0.6) is 5.75 Å². The van der Waals surface area contributed by atoms with E-state index in [9.17, 15) is 22.8 Å². The molecular weight excluding hydrogens is 529 g/mol. The van der Waals surface area contributed by atoms with Crippen LogP contribution in [-0.2, 0) is 6.18 Å². The Morgan fingerprint density at radius 2 is 1.88 bits per heavy atom. The summed E-state index contributed by atoms with van der Waals surface area (Å²) in [5.41, 5.74) is -2.02. The number of hydrogen-bond acceptors (Lipinski definition) is 9. The zero-order valence-corrected chi connectivity index (χ0v) is 21.3. The van der Waals surface area contributed by atoms with Gasteiger partial charge in [-0.3, -0.25) is 9.59 Å². The molecule has 4 heterocycles. The highest BCUT2D eigenvalue weighted by Gasteiger charge is 2.40. The third kappa shape index (κ3) is 5.68. The van der Waals surface area contributed by atoms with Crippen LogP contribution in [-0.4, -0.2) is 76.3 Å². The van der Waals surface area contributed by atoms with Crippen LogP contribution in [0, 0.1) is 11.3 Å². The molecule has 1 unspecified atom stereocenters. The molecule has 5 rings (SSSR count). The van der Waals surface area contributed by atoms with Gasteiger partial charge in [0.2, 0.25) is 5.95 Å². The quantitative estimate of drug-likeness (QED) is 0.488. The van der Waals surface area contributed by atoms with E-state index in [2.05, 4.69) is 15.1 Å². The van der Waals surface area contributed by atoms with Gasteiger partial charge in [0.25, 0.3) is 11.5 Å². The van der Waals surface area contributed by atoms with Crippen molar-refractivity contribution >= 4 is 17.5 Å². The lowest BCUT2D eigenvalue weighted by Gasteiger charge is -2.34. The van der Waals surface area contributed by atoms with E-state index in [-0.39, 0.29) is 18.2 Å². The fourth-order valence-electron chi connectivity index (χ4n) is 4.95.